The van der Waals surface area contributed by atoms with Crippen LogP contribution in [0.2, 0.25) is 0 Å². The molecule has 0 rings (SSSR count). The van der Waals surface area contributed by atoms with Gasteiger partial charge in [-0.3, -0.25) is 0 Å². The summed E-state index contributed by atoms with van der Waals surface area (Å²) in [5, 5.41) is 0.174. The molecule has 1 unspecified atom stereocenters. The lowest BCUT2D eigenvalue weighted by Gasteiger charge is -2.08. The van der Waals surface area contributed by atoms with Crippen LogP contribution in [0.3, 0.4) is 0 Å². The monoisotopic (exact) mass is 153 g/mol. The second kappa shape index (κ2) is 4.46. The minimum Gasteiger partial charge on any atom is -0.127 e. The SMILES string of the molecule is C[C](C)C(Cl)CCCl. The van der Waals surface area contributed by atoms with Crippen molar-refractivity contribution in [3.8, 4) is 0 Å². The summed E-state index contributed by atoms with van der Waals surface area (Å²) in [6.07, 6.45) is 0.880. The average molecular weight is 154 g/mol. The second-order valence-electron chi connectivity index (χ2n) is 2.02. The van der Waals surface area contributed by atoms with Gasteiger partial charge in [0.05, 0.1) is 0 Å². The van der Waals surface area contributed by atoms with Crippen molar-refractivity contribution >= 4 is 23.2 Å². The molecule has 1 atom stereocenters. The Labute approximate surface area is 61.2 Å². The van der Waals surface area contributed by atoms with Crippen molar-refractivity contribution < 1.29 is 0 Å². The predicted octanol–water partition coefficient (Wildman–Crippen LogP) is 2.84. The van der Waals surface area contributed by atoms with E-state index >= 15 is 0 Å². The van der Waals surface area contributed by atoms with Gasteiger partial charge in [-0.1, -0.05) is 13.8 Å². The Balaban J connectivity index is 3.17. The fourth-order valence-electron chi connectivity index (χ4n) is 0.384. The number of halogens is 2. The molecular formula is C6H11Cl2. The molecule has 0 nitrogen and oxygen atoms in total. The lowest BCUT2D eigenvalue weighted by molar-refractivity contribution is 0.821. The Kier molecular flexibility index (Phi) is 4.78. The van der Waals surface area contributed by atoms with Gasteiger partial charge in [-0.05, 0) is 12.3 Å². The van der Waals surface area contributed by atoms with Crippen LogP contribution in [0, 0.1) is 5.92 Å². The zero-order valence-corrected chi connectivity index (χ0v) is 6.76. The van der Waals surface area contributed by atoms with Crippen LogP contribution in [0.25, 0.3) is 0 Å². The highest BCUT2D eigenvalue weighted by atomic mass is 35.5. The molecule has 1 radical (unpaired) electrons. The quantitative estimate of drug-likeness (QED) is 0.548. The van der Waals surface area contributed by atoms with E-state index in [0.717, 1.165) is 6.42 Å². The summed E-state index contributed by atoms with van der Waals surface area (Å²) in [4.78, 5) is 0. The maximum atomic E-state index is 5.79. The second-order valence-corrected chi connectivity index (χ2v) is 2.93. The lowest BCUT2D eigenvalue weighted by atomic mass is 10.1. The van der Waals surface area contributed by atoms with Crippen LogP contribution < -0.4 is 0 Å². The summed E-state index contributed by atoms with van der Waals surface area (Å²) in [5.74, 6) is 1.90. The average Bonchev–Trinajstić information content (AvgIpc) is 1.67. The fourth-order valence-corrected chi connectivity index (χ4v) is 0.823. The van der Waals surface area contributed by atoms with Gasteiger partial charge < -0.3 is 0 Å². The van der Waals surface area contributed by atoms with E-state index in [0.29, 0.717) is 5.88 Å². The molecule has 0 spiro atoms. The molecule has 0 aromatic carbocycles. The third kappa shape index (κ3) is 3.57. The summed E-state index contributed by atoms with van der Waals surface area (Å²) in [6, 6.07) is 0. The van der Waals surface area contributed by atoms with Crippen molar-refractivity contribution in [3.63, 3.8) is 0 Å². The first kappa shape index (κ1) is 8.58. The maximum absolute atomic E-state index is 5.79. The number of hydrogen-bond donors (Lipinski definition) is 0. The summed E-state index contributed by atoms with van der Waals surface area (Å²) >= 11 is 11.2. The highest BCUT2D eigenvalue weighted by Gasteiger charge is 2.07. The molecule has 0 aromatic rings. The molecule has 0 heterocycles. The van der Waals surface area contributed by atoms with Gasteiger partial charge in [-0.2, -0.15) is 0 Å². The summed E-state index contributed by atoms with van der Waals surface area (Å²) in [6.45, 7) is 4.04. The van der Waals surface area contributed by atoms with E-state index in [2.05, 4.69) is 0 Å². The van der Waals surface area contributed by atoms with E-state index in [4.69, 9.17) is 23.2 Å². The van der Waals surface area contributed by atoms with Crippen molar-refractivity contribution in [2.75, 3.05) is 5.88 Å². The van der Waals surface area contributed by atoms with Crippen molar-refractivity contribution in [3.05, 3.63) is 5.92 Å². The maximum Gasteiger partial charge on any atom is 0.0404 e. The topological polar surface area (TPSA) is 0 Å². The normalized spacial score (nSPS) is 14.6. The smallest absolute Gasteiger partial charge is 0.0404 e. The molecule has 0 aliphatic rings. The first-order valence-corrected chi connectivity index (χ1v) is 3.65. The molecule has 0 bridgehead atoms. The molecule has 8 heavy (non-hydrogen) atoms. The van der Waals surface area contributed by atoms with Crippen LogP contribution in [-0.2, 0) is 0 Å². The Morgan fingerprint density at radius 1 is 1.50 bits per heavy atom. The Bertz CT molecular complexity index is 52.5. The van der Waals surface area contributed by atoms with Gasteiger partial charge in [-0.25, -0.2) is 0 Å². The highest BCUT2D eigenvalue weighted by Crippen LogP contribution is 2.15. The van der Waals surface area contributed by atoms with Crippen molar-refractivity contribution in [2.45, 2.75) is 25.6 Å². The number of alkyl halides is 2. The van der Waals surface area contributed by atoms with Crippen LogP contribution in [0.1, 0.15) is 20.3 Å². The van der Waals surface area contributed by atoms with Crippen molar-refractivity contribution in [1.82, 2.24) is 0 Å². The van der Waals surface area contributed by atoms with Crippen LogP contribution in [-0.4, -0.2) is 11.3 Å². The molecule has 0 aromatic heterocycles. The Hall–Kier alpha value is 0.580. The Morgan fingerprint density at radius 2 is 2.00 bits per heavy atom. The van der Waals surface area contributed by atoms with Gasteiger partial charge >= 0.3 is 0 Å². The molecule has 0 amide bonds. The molecular weight excluding hydrogens is 143 g/mol. The molecule has 0 N–H and O–H groups in total. The fraction of sp³-hybridized carbons (Fsp3) is 0.833. The van der Waals surface area contributed by atoms with Gasteiger partial charge in [0.2, 0.25) is 0 Å². The first-order valence-electron chi connectivity index (χ1n) is 2.68. The zero-order valence-electron chi connectivity index (χ0n) is 5.25. The van der Waals surface area contributed by atoms with Crippen molar-refractivity contribution in [1.29, 1.82) is 0 Å². The van der Waals surface area contributed by atoms with Gasteiger partial charge in [0.1, 0.15) is 0 Å². The molecule has 0 saturated carbocycles. The number of hydrogen-bond acceptors (Lipinski definition) is 0. The van der Waals surface area contributed by atoms with Gasteiger partial charge in [0.25, 0.3) is 0 Å². The molecule has 0 fully saturated rings. The molecule has 0 saturated heterocycles. The highest BCUT2D eigenvalue weighted by molar-refractivity contribution is 6.23. The largest absolute Gasteiger partial charge is 0.127 e. The van der Waals surface area contributed by atoms with E-state index in [9.17, 15) is 0 Å². The summed E-state index contributed by atoms with van der Waals surface area (Å²) < 4.78 is 0. The summed E-state index contributed by atoms with van der Waals surface area (Å²) in [7, 11) is 0. The van der Waals surface area contributed by atoms with Gasteiger partial charge in [0.15, 0.2) is 0 Å². The molecule has 2 heteroatoms. The lowest BCUT2D eigenvalue weighted by Crippen LogP contribution is -2.05. The minimum absolute atomic E-state index is 0.174. The van der Waals surface area contributed by atoms with E-state index in [1.807, 2.05) is 13.8 Å². The van der Waals surface area contributed by atoms with Gasteiger partial charge in [-0.15, -0.1) is 23.2 Å². The Morgan fingerprint density at radius 3 is 2.12 bits per heavy atom. The van der Waals surface area contributed by atoms with Crippen LogP contribution >= 0.6 is 23.2 Å². The van der Waals surface area contributed by atoms with Gasteiger partial charge in [0, 0.05) is 11.3 Å². The summed E-state index contributed by atoms with van der Waals surface area (Å²) in [5.41, 5.74) is 0. The van der Waals surface area contributed by atoms with Crippen molar-refractivity contribution in [2.24, 2.45) is 0 Å². The predicted molar refractivity (Wildman–Crippen MR) is 39.6 cm³/mol. The third-order valence-corrected chi connectivity index (χ3v) is 1.86. The molecule has 0 aliphatic heterocycles. The van der Waals surface area contributed by atoms with E-state index in [1.54, 1.807) is 0 Å². The zero-order chi connectivity index (χ0) is 6.57. The standard InChI is InChI=1S/C6H11Cl2/c1-5(2)6(8)3-4-7/h6H,3-4H2,1-2H3. The molecule has 0 aliphatic carbocycles. The van der Waals surface area contributed by atoms with Crippen LogP contribution in [0.15, 0.2) is 0 Å². The van der Waals surface area contributed by atoms with E-state index in [-0.39, 0.29) is 5.38 Å². The third-order valence-electron chi connectivity index (χ3n) is 0.989. The van der Waals surface area contributed by atoms with E-state index in [1.165, 1.54) is 5.92 Å². The number of rotatable bonds is 3. The van der Waals surface area contributed by atoms with E-state index < -0.39 is 0 Å². The molecule has 49 valence electrons. The van der Waals surface area contributed by atoms with Crippen LogP contribution in [0.4, 0.5) is 0 Å². The first-order chi connectivity index (χ1) is 3.68. The van der Waals surface area contributed by atoms with Crippen LogP contribution in [0.5, 0.6) is 0 Å². The minimum atomic E-state index is 0.174.